The summed E-state index contributed by atoms with van der Waals surface area (Å²) in [6.07, 6.45) is 3.97. The Hall–Kier alpha value is -1.96. The summed E-state index contributed by atoms with van der Waals surface area (Å²) in [5.41, 5.74) is 2.17. The van der Waals surface area contributed by atoms with E-state index < -0.39 is 0 Å². The summed E-state index contributed by atoms with van der Waals surface area (Å²) >= 11 is 0. The lowest BCUT2D eigenvalue weighted by molar-refractivity contribution is 0.476. The van der Waals surface area contributed by atoms with Crippen molar-refractivity contribution in [3.63, 3.8) is 0 Å². The SMILES string of the molecule is CCCc1coc2ccc3cc(O)ccc3c12. The minimum absolute atomic E-state index is 0.303. The van der Waals surface area contributed by atoms with Crippen LogP contribution in [-0.2, 0) is 6.42 Å². The summed E-state index contributed by atoms with van der Waals surface area (Å²) in [6, 6.07) is 9.43. The third-order valence-electron chi connectivity index (χ3n) is 3.13. The highest BCUT2D eigenvalue weighted by atomic mass is 16.3. The first-order valence-corrected chi connectivity index (χ1v) is 5.91. The topological polar surface area (TPSA) is 33.4 Å². The second-order valence-corrected chi connectivity index (χ2v) is 4.36. The molecule has 2 heteroatoms. The molecule has 1 N–H and O–H groups in total. The van der Waals surface area contributed by atoms with Crippen molar-refractivity contribution in [2.75, 3.05) is 0 Å². The van der Waals surface area contributed by atoms with Gasteiger partial charge in [0, 0.05) is 5.39 Å². The predicted octanol–water partition coefficient (Wildman–Crippen LogP) is 4.24. The molecule has 0 saturated carbocycles. The summed E-state index contributed by atoms with van der Waals surface area (Å²) in [7, 11) is 0. The molecule has 0 spiro atoms. The molecule has 0 amide bonds. The number of phenols is 1. The highest BCUT2D eigenvalue weighted by molar-refractivity contribution is 6.07. The van der Waals surface area contributed by atoms with Crippen LogP contribution >= 0.6 is 0 Å². The molecule has 2 aromatic carbocycles. The number of aromatic hydroxyl groups is 1. The Morgan fingerprint density at radius 3 is 2.88 bits per heavy atom. The monoisotopic (exact) mass is 226 g/mol. The normalized spacial score (nSPS) is 11.4. The Kier molecular flexibility index (Phi) is 2.29. The quantitative estimate of drug-likeness (QED) is 0.708. The van der Waals surface area contributed by atoms with Crippen molar-refractivity contribution in [1.29, 1.82) is 0 Å². The largest absolute Gasteiger partial charge is 0.508 e. The number of furan rings is 1. The second kappa shape index (κ2) is 3.81. The number of hydrogen-bond acceptors (Lipinski definition) is 2. The molecule has 1 aromatic heterocycles. The van der Waals surface area contributed by atoms with Gasteiger partial charge >= 0.3 is 0 Å². The molecule has 0 atom stereocenters. The number of rotatable bonds is 2. The van der Waals surface area contributed by atoms with Crippen LogP contribution in [0.2, 0.25) is 0 Å². The minimum atomic E-state index is 0.303. The number of hydrogen-bond donors (Lipinski definition) is 1. The van der Waals surface area contributed by atoms with Gasteiger partial charge in [0.25, 0.3) is 0 Å². The Morgan fingerprint density at radius 1 is 1.18 bits per heavy atom. The first-order valence-electron chi connectivity index (χ1n) is 5.91. The predicted molar refractivity (Wildman–Crippen MR) is 69.4 cm³/mol. The number of aryl methyl sites for hydroxylation is 1. The van der Waals surface area contributed by atoms with Gasteiger partial charge in [0.1, 0.15) is 11.3 Å². The molecule has 0 saturated heterocycles. The van der Waals surface area contributed by atoms with Crippen molar-refractivity contribution in [1.82, 2.24) is 0 Å². The van der Waals surface area contributed by atoms with E-state index in [1.165, 1.54) is 10.9 Å². The van der Waals surface area contributed by atoms with Crippen LogP contribution in [0, 0.1) is 0 Å². The lowest BCUT2D eigenvalue weighted by atomic mass is 10.0. The molecule has 3 rings (SSSR count). The van der Waals surface area contributed by atoms with Crippen LogP contribution in [0.15, 0.2) is 41.0 Å². The summed E-state index contributed by atoms with van der Waals surface area (Å²) in [6.45, 7) is 2.16. The van der Waals surface area contributed by atoms with Crippen LogP contribution in [0.1, 0.15) is 18.9 Å². The van der Waals surface area contributed by atoms with E-state index in [2.05, 4.69) is 6.92 Å². The zero-order valence-electron chi connectivity index (χ0n) is 9.73. The highest BCUT2D eigenvalue weighted by Gasteiger charge is 2.09. The van der Waals surface area contributed by atoms with Gasteiger partial charge in [0.15, 0.2) is 0 Å². The van der Waals surface area contributed by atoms with Gasteiger partial charge in [-0.15, -0.1) is 0 Å². The maximum Gasteiger partial charge on any atom is 0.134 e. The van der Waals surface area contributed by atoms with Gasteiger partial charge in [-0.1, -0.05) is 19.4 Å². The molecule has 0 aliphatic rings. The van der Waals surface area contributed by atoms with E-state index in [1.54, 1.807) is 12.1 Å². The molecule has 0 unspecified atom stereocenters. The Morgan fingerprint density at radius 2 is 2.06 bits per heavy atom. The van der Waals surface area contributed by atoms with Gasteiger partial charge in [-0.2, -0.15) is 0 Å². The molecular formula is C15H14O2. The summed E-state index contributed by atoms with van der Waals surface area (Å²) in [5.74, 6) is 0.303. The van der Waals surface area contributed by atoms with Crippen molar-refractivity contribution < 1.29 is 9.52 Å². The van der Waals surface area contributed by atoms with E-state index in [9.17, 15) is 5.11 Å². The zero-order chi connectivity index (χ0) is 11.8. The molecule has 0 bridgehead atoms. The van der Waals surface area contributed by atoms with Crippen LogP contribution < -0.4 is 0 Å². The minimum Gasteiger partial charge on any atom is -0.508 e. The lowest BCUT2D eigenvalue weighted by Gasteiger charge is -2.02. The maximum atomic E-state index is 9.50. The Bertz CT molecular complexity index is 680. The van der Waals surface area contributed by atoms with E-state index >= 15 is 0 Å². The van der Waals surface area contributed by atoms with Crippen molar-refractivity contribution >= 4 is 21.7 Å². The van der Waals surface area contributed by atoms with Gasteiger partial charge in [-0.05, 0) is 47.0 Å². The molecule has 1 heterocycles. The Balaban J connectivity index is 2.40. The molecule has 0 aliphatic carbocycles. The van der Waals surface area contributed by atoms with Gasteiger partial charge in [0.2, 0.25) is 0 Å². The maximum absolute atomic E-state index is 9.50. The standard InChI is InChI=1S/C15H14O2/c1-2-3-11-9-17-14-7-4-10-8-12(16)5-6-13(10)15(11)14/h4-9,16H,2-3H2,1H3. The fourth-order valence-electron chi connectivity index (χ4n) is 2.37. The van der Waals surface area contributed by atoms with E-state index in [-0.39, 0.29) is 0 Å². The molecule has 0 aliphatic heterocycles. The van der Waals surface area contributed by atoms with Gasteiger partial charge < -0.3 is 9.52 Å². The highest BCUT2D eigenvalue weighted by Crippen LogP contribution is 2.32. The number of phenolic OH excluding ortho intramolecular Hbond substituents is 1. The molecular weight excluding hydrogens is 212 g/mol. The number of fused-ring (bicyclic) bond motifs is 3. The van der Waals surface area contributed by atoms with Gasteiger partial charge in [0.05, 0.1) is 6.26 Å². The smallest absolute Gasteiger partial charge is 0.134 e. The van der Waals surface area contributed by atoms with Crippen LogP contribution in [0.4, 0.5) is 0 Å². The van der Waals surface area contributed by atoms with Crippen LogP contribution in [0.25, 0.3) is 21.7 Å². The fraction of sp³-hybridized carbons (Fsp3) is 0.200. The fourth-order valence-corrected chi connectivity index (χ4v) is 2.37. The second-order valence-electron chi connectivity index (χ2n) is 4.36. The molecule has 0 radical (unpaired) electrons. The summed E-state index contributed by atoms with van der Waals surface area (Å²) in [5, 5.41) is 12.9. The molecule has 2 nitrogen and oxygen atoms in total. The molecule has 86 valence electrons. The van der Waals surface area contributed by atoms with Crippen LogP contribution in [0.3, 0.4) is 0 Å². The van der Waals surface area contributed by atoms with Gasteiger partial charge in [-0.25, -0.2) is 0 Å². The van der Waals surface area contributed by atoms with E-state index in [0.29, 0.717) is 5.75 Å². The molecule has 17 heavy (non-hydrogen) atoms. The Labute approximate surface area is 99.5 Å². The van der Waals surface area contributed by atoms with E-state index in [1.807, 2.05) is 24.5 Å². The zero-order valence-corrected chi connectivity index (χ0v) is 9.73. The van der Waals surface area contributed by atoms with Crippen LogP contribution in [-0.4, -0.2) is 5.11 Å². The van der Waals surface area contributed by atoms with Crippen molar-refractivity contribution in [2.24, 2.45) is 0 Å². The summed E-state index contributed by atoms with van der Waals surface area (Å²) < 4.78 is 5.58. The average molecular weight is 226 g/mol. The molecule has 0 fully saturated rings. The average Bonchev–Trinajstić information content (AvgIpc) is 2.73. The van der Waals surface area contributed by atoms with Crippen molar-refractivity contribution in [3.8, 4) is 5.75 Å². The summed E-state index contributed by atoms with van der Waals surface area (Å²) in [4.78, 5) is 0. The van der Waals surface area contributed by atoms with E-state index in [0.717, 1.165) is 29.2 Å². The third kappa shape index (κ3) is 1.57. The van der Waals surface area contributed by atoms with Gasteiger partial charge in [-0.3, -0.25) is 0 Å². The number of benzene rings is 2. The van der Waals surface area contributed by atoms with E-state index in [4.69, 9.17) is 4.42 Å². The lowest BCUT2D eigenvalue weighted by Crippen LogP contribution is -1.81. The molecule has 3 aromatic rings. The first kappa shape index (κ1) is 10.2. The van der Waals surface area contributed by atoms with Crippen LogP contribution in [0.5, 0.6) is 5.75 Å². The first-order chi connectivity index (χ1) is 8.29. The third-order valence-corrected chi connectivity index (χ3v) is 3.13. The van der Waals surface area contributed by atoms with Crippen molar-refractivity contribution in [2.45, 2.75) is 19.8 Å². The van der Waals surface area contributed by atoms with Crippen molar-refractivity contribution in [3.05, 3.63) is 42.2 Å².